The van der Waals surface area contributed by atoms with E-state index < -0.39 is 6.04 Å². The Labute approximate surface area is 151 Å². The largest absolute Gasteiger partial charge is 0.344 e. The third-order valence-electron chi connectivity index (χ3n) is 3.25. The molecule has 1 unspecified atom stereocenters. The van der Waals surface area contributed by atoms with Crippen molar-refractivity contribution in [2.45, 2.75) is 26.8 Å². The van der Waals surface area contributed by atoms with E-state index in [1.807, 2.05) is 13.8 Å². The normalized spacial score (nSPS) is 11.8. The van der Waals surface area contributed by atoms with Crippen LogP contribution in [-0.2, 0) is 14.4 Å². The van der Waals surface area contributed by atoms with Crippen molar-refractivity contribution in [1.82, 2.24) is 10.2 Å². The lowest BCUT2D eigenvalue weighted by Crippen LogP contribution is -2.51. The minimum Gasteiger partial charge on any atom is -0.344 e. The topological polar surface area (TPSA) is 78.5 Å². The third-order valence-corrected chi connectivity index (χ3v) is 3.99. The van der Waals surface area contributed by atoms with E-state index in [2.05, 4.69) is 10.6 Å². The number of halogens is 2. The molecule has 6 nitrogen and oxygen atoms in total. The summed E-state index contributed by atoms with van der Waals surface area (Å²) in [7, 11) is 1.51. The number of nitrogens with zero attached hydrogens (tertiary/aromatic N) is 1. The second-order valence-corrected chi connectivity index (χ2v) is 6.61. The molecule has 0 saturated heterocycles. The number of nitrogens with one attached hydrogen (secondary N) is 2. The van der Waals surface area contributed by atoms with E-state index in [4.69, 9.17) is 23.2 Å². The van der Waals surface area contributed by atoms with Crippen molar-refractivity contribution in [3.8, 4) is 0 Å². The van der Waals surface area contributed by atoms with E-state index in [1.165, 1.54) is 24.9 Å². The molecule has 0 bridgehead atoms. The number of carbonyl (C=O) groups excluding carboxylic acids is 3. The van der Waals surface area contributed by atoms with Crippen LogP contribution in [0.1, 0.15) is 20.8 Å². The summed E-state index contributed by atoms with van der Waals surface area (Å²) < 4.78 is 0. The van der Waals surface area contributed by atoms with Gasteiger partial charge in [0, 0.05) is 19.7 Å². The summed E-state index contributed by atoms with van der Waals surface area (Å²) in [5, 5.41) is 5.95. The zero-order valence-corrected chi connectivity index (χ0v) is 15.5. The molecule has 24 heavy (non-hydrogen) atoms. The van der Waals surface area contributed by atoms with E-state index in [0.717, 1.165) is 0 Å². The van der Waals surface area contributed by atoms with Crippen LogP contribution in [0.25, 0.3) is 0 Å². The predicted octanol–water partition coefficient (Wildman–Crippen LogP) is 2.55. The standard InChI is InChI=1S/C16H21Cl2N3O3/c1-9(2)15(19-10(3)22)16(24)21(4)8-14(23)20-11-5-6-12(17)13(18)7-11/h5-7,9,15H,8H2,1-4H3,(H,19,22)(H,20,23). The smallest absolute Gasteiger partial charge is 0.245 e. The summed E-state index contributed by atoms with van der Waals surface area (Å²) in [5.41, 5.74) is 0.484. The summed E-state index contributed by atoms with van der Waals surface area (Å²) in [4.78, 5) is 37.0. The number of amides is 3. The first kappa shape index (κ1) is 20.3. The molecular formula is C16H21Cl2N3O3. The van der Waals surface area contributed by atoms with Crippen molar-refractivity contribution in [3.05, 3.63) is 28.2 Å². The molecule has 1 aromatic rings. The van der Waals surface area contributed by atoms with Crippen LogP contribution >= 0.6 is 23.2 Å². The van der Waals surface area contributed by atoms with Gasteiger partial charge in [0.15, 0.2) is 0 Å². The fourth-order valence-electron chi connectivity index (χ4n) is 2.04. The highest BCUT2D eigenvalue weighted by Crippen LogP contribution is 2.24. The lowest BCUT2D eigenvalue weighted by atomic mass is 10.0. The van der Waals surface area contributed by atoms with Gasteiger partial charge in [-0.15, -0.1) is 0 Å². The molecule has 132 valence electrons. The van der Waals surface area contributed by atoms with Crippen molar-refractivity contribution < 1.29 is 14.4 Å². The van der Waals surface area contributed by atoms with Crippen molar-refractivity contribution >= 4 is 46.6 Å². The van der Waals surface area contributed by atoms with Crippen LogP contribution in [0.5, 0.6) is 0 Å². The van der Waals surface area contributed by atoms with Crippen LogP contribution in [0.3, 0.4) is 0 Å². The minimum atomic E-state index is -0.676. The van der Waals surface area contributed by atoms with Crippen LogP contribution in [0.4, 0.5) is 5.69 Å². The zero-order chi connectivity index (χ0) is 18.4. The number of hydrogen-bond acceptors (Lipinski definition) is 3. The molecule has 1 aromatic carbocycles. The third kappa shape index (κ3) is 6.02. The average molecular weight is 374 g/mol. The highest BCUT2D eigenvalue weighted by atomic mass is 35.5. The molecule has 0 saturated carbocycles. The van der Waals surface area contributed by atoms with Crippen LogP contribution in [0, 0.1) is 5.92 Å². The first-order chi connectivity index (χ1) is 11.1. The molecule has 0 fully saturated rings. The second-order valence-electron chi connectivity index (χ2n) is 5.79. The Morgan fingerprint density at radius 1 is 1.17 bits per heavy atom. The average Bonchev–Trinajstić information content (AvgIpc) is 2.47. The Balaban J connectivity index is 2.69. The van der Waals surface area contributed by atoms with Crippen LogP contribution in [-0.4, -0.2) is 42.3 Å². The Morgan fingerprint density at radius 3 is 2.29 bits per heavy atom. The van der Waals surface area contributed by atoms with Crippen molar-refractivity contribution in [2.24, 2.45) is 5.92 Å². The highest BCUT2D eigenvalue weighted by Gasteiger charge is 2.26. The molecule has 1 atom stereocenters. The van der Waals surface area contributed by atoms with Crippen LogP contribution < -0.4 is 10.6 Å². The Kier molecular flexibility index (Phi) is 7.51. The van der Waals surface area contributed by atoms with Gasteiger partial charge in [-0.25, -0.2) is 0 Å². The number of hydrogen-bond donors (Lipinski definition) is 2. The number of carbonyl (C=O) groups is 3. The fraction of sp³-hybridized carbons (Fsp3) is 0.438. The van der Waals surface area contributed by atoms with E-state index in [-0.39, 0.29) is 30.2 Å². The molecule has 1 rings (SSSR count). The molecular weight excluding hydrogens is 353 g/mol. The first-order valence-electron chi connectivity index (χ1n) is 7.38. The molecule has 0 heterocycles. The number of benzene rings is 1. The summed E-state index contributed by atoms with van der Waals surface area (Å²) in [6.45, 7) is 4.84. The molecule has 0 aliphatic carbocycles. The number of anilines is 1. The minimum absolute atomic E-state index is 0.0954. The Bertz CT molecular complexity index is 635. The van der Waals surface area contributed by atoms with E-state index in [1.54, 1.807) is 12.1 Å². The lowest BCUT2D eigenvalue weighted by molar-refractivity contribution is -0.138. The van der Waals surface area contributed by atoms with E-state index in [9.17, 15) is 14.4 Å². The summed E-state index contributed by atoms with van der Waals surface area (Å²) >= 11 is 11.7. The summed E-state index contributed by atoms with van der Waals surface area (Å²) in [6.07, 6.45) is 0. The Morgan fingerprint density at radius 2 is 1.79 bits per heavy atom. The van der Waals surface area contributed by atoms with Gasteiger partial charge in [-0.1, -0.05) is 37.0 Å². The molecule has 3 amide bonds. The van der Waals surface area contributed by atoms with Gasteiger partial charge < -0.3 is 15.5 Å². The monoisotopic (exact) mass is 373 g/mol. The van der Waals surface area contributed by atoms with Crippen molar-refractivity contribution in [1.29, 1.82) is 0 Å². The fourth-order valence-corrected chi connectivity index (χ4v) is 2.34. The highest BCUT2D eigenvalue weighted by molar-refractivity contribution is 6.42. The van der Waals surface area contributed by atoms with Gasteiger partial charge in [0.1, 0.15) is 6.04 Å². The zero-order valence-electron chi connectivity index (χ0n) is 14.0. The quantitative estimate of drug-likeness (QED) is 0.803. The molecule has 0 spiro atoms. The van der Waals surface area contributed by atoms with Gasteiger partial charge in [-0.3, -0.25) is 14.4 Å². The molecule has 0 radical (unpaired) electrons. The first-order valence-corrected chi connectivity index (χ1v) is 8.14. The van der Waals surface area contributed by atoms with Gasteiger partial charge in [-0.05, 0) is 24.1 Å². The van der Waals surface area contributed by atoms with Crippen LogP contribution in [0.15, 0.2) is 18.2 Å². The van der Waals surface area contributed by atoms with Gasteiger partial charge >= 0.3 is 0 Å². The summed E-state index contributed by atoms with van der Waals surface area (Å²) in [6, 6.07) is 4.03. The molecule has 8 heteroatoms. The van der Waals surface area contributed by atoms with E-state index in [0.29, 0.717) is 15.7 Å². The predicted molar refractivity (Wildman–Crippen MR) is 95.2 cm³/mol. The van der Waals surface area contributed by atoms with E-state index >= 15 is 0 Å². The molecule has 0 aliphatic rings. The molecule has 0 aliphatic heterocycles. The Hall–Kier alpha value is -1.79. The maximum Gasteiger partial charge on any atom is 0.245 e. The number of rotatable bonds is 6. The van der Waals surface area contributed by atoms with Gasteiger partial charge in [0.05, 0.1) is 16.6 Å². The molecule has 2 N–H and O–H groups in total. The van der Waals surface area contributed by atoms with Crippen LogP contribution in [0.2, 0.25) is 10.0 Å². The second kappa shape index (κ2) is 8.89. The molecule has 0 aromatic heterocycles. The number of likely N-dealkylation sites (N-methyl/N-ethyl adjacent to an activating group) is 1. The van der Waals surface area contributed by atoms with Crippen molar-refractivity contribution in [3.63, 3.8) is 0 Å². The van der Waals surface area contributed by atoms with Gasteiger partial charge in [0.25, 0.3) is 0 Å². The maximum absolute atomic E-state index is 12.4. The maximum atomic E-state index is 12.4. The SMILES string of the molecule is CC(=O)NC(C(=O)N(C)CC(=O)Nc1ccc(Cl)c(Cl)c1)C(C)C. The van der Waals surface area contributed by atoms with Gasteiger partial charge in [-0.2, -0.15) is 0 Å². The lowest BCUT2D eigenvalue weighted by Gasteiger charge is -2.26. The van der Waals surface area contributed by atoms with Gasteiger partial charge in [0.2, 0.25) is 17.7 Å². The summed E-state index contributed by atoms with van der Waals surface area (Å²) in [5.74, 6) is -1.10. The van der Waals surface area contributed by atoms with Crippen molar-refractivity contribution in [2.75, 3.05) is 18.9 Å².